The van der Waals surface area contributed by atoms with Gasteiger partial charge in [-0.05, 0) is 30.5 Å². The molecule has 0 atom stereocenters. The van der Waals surface area contributed by atoms with Gasteiger partial charge in [0, 0.05) is 6.54 Å². The molecule has 94 valence electrons. The van der Waals surface area contributed by atoms with Crippen LogP contribution >= 0.6 is 0 Å². The maximum Gasteiger partial charge on any atom is 0.242 e. The van der Waals surface area contributed by atoms with Crippen LogP contribution in [-0.4, -0.2) is 15.0 Å². The summed E-state index contributed by atoms with van der Waals surface area (Å²) in [5.41, 5.74) is 5.43. The standard InChI is InChI=1S/C11H15FN2O2S/c12-9-3-4-11(10(13)7-9)17(15,16)14-6-5-8-1-2-8/h3-4,7-8,14H,1-2,5-6,13H2. The molecule has 6 heteroatoms. The zero-order chi connectivity index (χ0) is 12.5. The minimum atomic E-state index is -3.62. The predicted molar refractivity (Wildman–Crippen MR) is 63.3 cm³/mol. The van der Waals surface area contributed by atoms with Crippen molar-refractivity contribution in [3.8, 4) is 0 Å². The van der Waals surface area contributed by atoms with Crippen LogP contribution in [0.5, 0.6) is 0 Å². The Morgan fingerprint density at radius 1 is 1.41 bits per heavy atom. The number of benzene rings is 1. The number of nitrogens with one attached hydrogen (secondary N) is 1. The molecule has 0 saturated heterocycles. The molecule has 0 amide bonds. The van der Waals surface area contributed by atoms with Gasteiger partial charge in [0.15, 0.2) is 0 Å². The molecule has 1 saturated carbocycles. The second-order valence-electron chi connectivity index (χ2n) is 4.31. The summed E-state index contributed by atoms with van der Waals surface area (Å²) in [6.07, 6.45) is 3.21. The maximum atomic E-state index is 12.8. The van der Waals surface area contributed by atoms with Gasteiger partial charge in [-0.1, -0.05) is 12.8 Å². The van der Waals surface area contributed by atoms with E-state index < -0.39 is 15.8 Å². The third-order valence-corrected chi connectivity index (χ3v) is 4.34. The number of halogens is 1. The van der Waals surface area contributed by atoms with Crippen LogP contribution in [0.3, 0.4) is 0 Å². The number of hydrogen-bond donors (Lipinski definition) is 2. The van der Waals surface area contributed by atoms with Crippen molar-refractivity contribution in [3.05, 3.63) is 24.0 Å². The fourth-order valence-electron chi connectivity index (χ4n) is 1.65. The van der Waals surface area contributed by atoms with Crippen molar-refractivity contribution < 1.29 is 12.8 Å². The van der Waals surface area contributed by atoms with Crippen molar-refractivity contribution in [1.82, 2.24) is 4.72 Å². The van der Waals surface area contributed by atoms with Gasteiger partial charge in [-0.25, -0.2) is 17.5 Å². The van der Waals surface area contributed by atoms with Gasteiger partial charge in [0.25, 0.3) is 0 Å². The Balaban J connectivity index is 2.07. The van der Waals surface area contributed by atoms with E-state index >= 15 is 0 Å². The average molecular weight is 258 g/mol. The second-order valence-corrected chi connectivity index (χ2v) is 6.05. The molecule has 0 aliphatic heterocycles. The smallest absolute Gasteiger partial charge is 0.242 e. The van der Waals surface area contributed by atoms with Crippen LogP contribution in [0.2, 0.25) is 0 Å². The van der Waals surface area contributed by atoms with Gasteiger partial charge >= 0.3 is 0 Å². The summed E-state index contributed by atoms with van der Waals surface area (Å²) in [6, 6.07) is 3.28. The van der Waals surface area contributed by atoms with Crippen LogP contribution < -0.4 is 10.5 Å². The van der Waals surface area contributed by atoms with E-state index in [1.54, 1.807) is 0 Å². The van der Waals surface area contributed by atoms with Crippen LogP contribution in [0.4, 0.5) is 10.1 Å². The second kappa shape index (κ2) is 4.62. The van der Waals surface area contributed by atoms with Gasteiger partial charge in [0.2, 0.25) is 10.0 Å². The van der Waals surface area contributed by atoms with Crippen LogP contribution in [0.1, 0.15) is 19.3 Å². The molecule has 4 nitrogen and oxygen atoms in total. The van der Waals surface area contributed by atoms with Gasteiger partial charge in [-0.15, -0.1) is 0 Å². The lowest BCUT2D eigenvalue weighted by Crippen LogP contribution is -2.26. The summed E-state index contributed by atoms with van der Waals surface area (Å²) >= 11 is 0. The van der Waals surface area contributed by atoms with Crippen LogP contribution in [0, 0.1) is 11.7 Å². The third-order valence-electron chi connectivity index (χ3n) is 2.80. The monoisotopic (exact) mass is 258 g/mol. The lowest BCUT2D eigenvalue weighted by atomic mass is 10.3. The van der Waals surface area contributed by atoms with E-state index in [0.29, 0.717) is 12.5 Å². The quantitative estimate of drug-likeness (QED) is 0.786. The molecule has 0 heterocycles. The summed E-state index contributed by atoms with van der Waals surface area (Å²) in [5, 5.41) is 0. The van der Waals surface area contributed by atoms with Crippen molar-refractivity contribution in [2.45, 2.75) is 24.2 Å². The van der Waals surface area contributed by atoms with Gasteiger partial charge < -0.3 is 5.73 Å². The van der Waals surface area contributed by atoms with E-state index in [9.17, 15) is 12.8 Å². The minimum absolute atomic E-state index is 0.0605. The average Bonchev–Trinajstić information content (AvgIpc) is 3.00. The Hall–Kier alpha value is -1.14. The molecule has 1 aromatic rings. The van der Waals surface area contributed by atoms with Gasteiger partial charge in [0.05, 0.1) is 5.69 Å². The van der Waals surface area contributed by atoms with Gasteiger partial charge in [0.1, 0.15) is 10.7 Å². The minimum Gasteiger partial charge on any atom is -0.398 e. The lowest BCUT2D eigenvalue weighted by molar-refractivity contribution is 0.575. The fraction of sp³-hybridized carbons (Fsp3) is 0.455. The maximum absolute atomic E-state index is 12.8. The first-order valence-electron chi connectivity index (χ1n) is 5.54. The van der Waals surface area contributed by atoms with Gasteiger partial charge in [-0.2, -0.15) is 0 Å². The molecule has 1 aliphatic carbocycles. The number of hydrogen-bond acceptors (Lipinski definition) is 3. The van der Waals surface area contributed by atoms with Crippen molar-refractivity contribution >= 4 is 15.7 Å². The number of sulfonamides is 1. The highest BCUT2D eigenvalue weighted by atomic mass is 32.2. The Kier molecular flexibility index (Phi) is 3.35. The zero-order valence-electron chi connectivity index (χ0n) is 9.32. The Morgan fingerprint density at radius 3 is 2.71 bits per heavy atom. The first kappa shape index (κ1) is 12.3. The highest BCUT2D eigenvalue weighted by Crippen LogP contribution is 2.31. The highest BCUT2D eigenvalue weighted by molar-refractivity contribution is 7.89. The Morgan fingerprint density at radius 2 is 2.12 bits per heavy atom. The van der Waals surface area contributed by atoms with Crippen molar-refractivity contribution in [1.29, 1.82) is 0 Å². The summed E-state index contributed by atoms with van der Waals surface area (Å²) in [5.74, 6) is 0.114. The first-order chi connectivity index (χ1) is 7.99. The van der Waals surface area contributed by atoms with Crippen molar-refractivity contribution in [3.63, 3.8) is 0 Å². The number of rotatable bonds is 5. The molecule has 0 bridgehead atoms. The largest absolute Gasteiger partial charge is 0.398 e. The number of nitrogen functional groups attached to an aromatic ring is 1. The number of anilines is 1. The van der Waals surface area contributed by atoms with Crippen molar-refractivity contribution in [2.75, 3.05) is 12.3 Å². The molecule has 3 N–H and O–H groups in total. The normalized spacial score (nSPS) is 16.1. The summed E-state index contributed by atoms with van der Waals surface area (Å²) < 4.78 is 39.0. The SMILES string of the molecule is Nc1cc(F)ccc1S(=O)(=O)NCCC1CC1. The molecule has 1 aromatic carbocycles. The molecule has 2 rings (SSSR count). The van der Waals surface area contributed by atoms with Crippen LogP contribution in [0.15, 0.2) is 23.1 Å². The fourth-order valence-corrected chi connectivity index (χ4v) is 2.80. The molecule has 0 unspecified atom stereocenters. The molecule has 0 aromatic heterocycles. The molecular weight excluding hydrogens is 243 g/mol. The third kappa shape index (κ3) is 3.17. The Labute approximate surface area is 100 Å². The predicted octanol–water partition coefficient (Wildman–Crippen LogP) is 1.49. The van der Waals surface area contributed by atoms with E-state index in [1.165, 1.54) is 18.9 Å². The molecule has 0 radical (unpaired) electrons. The molecule has 17 heavy (non-hydrogen) atoms. The van der Waals surface area contributed by atoms with E-state index in [0.717, 1.165) is 18.6 Å². The van der Waals surface area contributed by atoms with Crippen molar-refractivity contribution in [2.24, 2.45) is 5.92 Å². The molecule has 1 aliphatic rings. The van der Waals surface area contributed by atoms with E-state index in [4.69, 9.17) is 5.73 Å². The van der Waals surface area contributed by atoms with Crippen LogP contribution in [-0.2, 0) is 10.0 Å². The van der Waals surface area contributed by atoms with Gasteiger partial charge in [-0.3, -0.25) is 0 Å². The summed E-state index contributed by atoms with van der Waals surface area (Å²) in [7, 11) is -3.62. The molecular formula is C11H15FN2O2S. The zero-order valence-corrected chi connectivity index (χ0v) is 10.1. The first-order valence-corrected chi connectivity index (χ1v) is 7.02. The number of nitrogens with two attached hydrogens (primary N) is 1. The molecule has 0 spiro atoms. The van der Waals surface area contributed by atoms with E-state index in [-0.39, 0.29) is 10.6 Å². The molecule has 1 fully saturated rings. The van der Waals surface area contributed by atoms with E-state index in [2.05, 4.69) is 4.72 Å². The summed E-state index contributed by atoms with van der Waals surface area (Å²) in [6.45, 7) is 0.407. The van der Waals surface area contributed by atoms with Crippen LogP contribution in [0.25, 0.3) is 0 Å². The highest BCUT2D eigenvalue weighted by Gasteiger charge is 2.22. The summed E-state index contributed by atoms with van der Waals surface area (Å²) in [4.78, 5) is -0.0605. The van der Waals surface area contributed by atoms with E-state index in [1.807, 2.05) is 0 Å². The lowest BCUT2D eigenvalue weighted by Gasteiger charge is -2.08. The Bertz CT molecular complexity index is 512. The topological polar surface area (TPSA) is 72.2 Å².